The highest BCUT2D eigenvalue weighted by molar-refractivity contribution is 5.93. The van der Waals surface area contributed by atoms with E-state index in [2.05, 4.69) is 4.74 Å². The molecule has 0 saturated carbocycles. The summed E-state index contributed by atoms with van der Waals surface area (Å²) in [5, 5.41) is 8.68. The van der Waals surface area contributed by atoms with Gasteiger partial charge in [0, 0.05) is 6.08 Å². The lowest BCUT2D eigenvalue weighted by atomic mass is 10.4. The summed E-state index contributed by atoms with van der Waals surface area (Å²) in [4.78, 5) is 21.4. The average Bonchev–Trinajstić information content (AvgIpc) is 2.04. The van der Waals surface area contributed by atoms with Gasteiger partial charge in [-0.15, -0.1) is 0 Å². The van der Waals surface area contributed by atoms with Gasteiger partial charge in [-0.3, -0.25) is 0 Å². The fourth-order valence-corrected chi connectivity index (χ4v) is 0.464. The number of aliphatic hydroxyl groups is 1. The van der Waals surface area contributed by atoms with E-state index in [4.69, 9.17) is 5.11 Å². The largest absolute Gasteiger partial charge is 0.388 e. The Labute approximate surface area is 76.5 Å². The molecule has 0 aromatic carbocycles. The maximum Gasteiger partial charge on any atom is 0.342 e. The monoisotopic (exact) mass is 184 g/mol. The van der Waals surface area contributed by atoms with Crippen molar-refractivity contribution in [3.63, 3.8) is 0 Å². The lowest BCUT2D eigenvalue weighted by Crippen LogP contribution is -2.21. The molecule has 0 aliphatic carbocycles. The highest BCUT2D eigenvalue weighted by Gasteiger charge is 2.12. The fraction of sp³-hybridized carbons (Fsp3) is 0.333. The molecule has 0 bridgehead atoms. The molecule has 1 N–H and O–H groups in total. The second-order valence-corrected chi connectivity index (χ2v) is 2.30. The zero-order valence-electron chi connectivity index (χ0n) is 7.56. The van der Waals surface area contributed by atoms with Crippen LogP contribution in [-0.4, -0.2) is 23.1 Å². The molecule has 0 saturated heterocycles. The molecule has 1 atom stereocenters. The van der Waals surface area contributed by atoms with Crippen LogP contribution < -0.4 is 0 Å². The summed E-state index contributed by atoms with van der Waals surface area (Å²) in [6.07, 6.45) is 4.60. The van der Waals surface area contributed by atoms with Gasteiger partial charge in [-0.05, 0) is 13.8 Å². The summed E-state index contributed by atoms with van der Waals surface area (Å²) in [7, 11) is 0. The number of ether oxygens (including phenoxy) is 1. The van der Waals surface area contributed by atoms with Crippen molar-refractivity contribution >= 4 is 11.9 Å². The Hall–Kier alpha value is -1.42. The van der Waals surface area contributed by atoms with Crippen LogP contribution in [0.2, 0.25) is 0 Å². The molecule has 0 spiro atoms. The van der Waals surface area contributed by atoms with Crippen molar-refractivity contribution in [3.05, 3.63) is 24.3 Å². The number of allylic oxidation sites excluding steroid dienone is 3. The van der Waals surface area contributed by atoms with Crippen molar-refractivity contribution < 1.29 is 19.4 Å². The number of carbonyl (C=O) groups excluding carboxylic acids is 2. The Bertz CT molecular complexity index is 238. The van der Waals surface area contributed by atoms with E-state index >= 15 is 0 Å². The van der Waals surface area contributed by atoms with Crippen LogP contribution in [0.3, 0.4) is 0 Å². The van der Waals surface area contributed by atoms with Gasteiger partial charge in [-0.2, -0.15) is 0 Å². The minimum absolute atomic E-state index is 0.788. The number of esters is 2. The number of aliphatic hydroxyl groups excluding tert-OH is 1. The van der Waals surface area contributed by atoms with Gasteiger partial charge < -0.3 is 9.84 Å². The third-order valence-corrected chi connectivity index (χ3v) is 1.08. The molecule has 13 heavy (non-hydrogen) atoms. The highest BCUT2D eigenvalue weighted by atomic mass is 16.6. The lowest BCUT2D eigenvalue weighted by Gasteiger charge is -2.00. The zero-order valence-corrected chi connectivity index (χ0v) is 7.56. The van der Waals surface area contributed by atoms with Crippen molar-refractivity contribution in [1.29, 1.82) is 0 Å². The van der Waals surface area contributed by atoms with Crippen molar-refractivity contribution in [1.82, 2.24) is 0 Å². The van der Waals surface area contributed by atoms with E-state index in [0.717, 1.165) is 6.08 Å². The Morgan fingerprint density at radius 2 is 2.00 bits per heavy atom. The van der Waals surface area contributed by atoms with Gasteiger partial charge in [0.2, 0.25) is 0 Å². The zero-order chi connectivity index (χ0) is 10.3. The minimum Gasteiger partial charge on any atom is -0.388 e. The SMILES string of the molecule is C/C=C/C=C/C(=O)OC(=O)C(C)O. The van der Waals surface area contributed by atoms with E-state index < -0.39 is 18.0 Å². The van der Waals surface area contributed by atoms with E-state index in [1.54, 1.807) is 19.1 Å². The average molecular weight is 184 g/mol. The third-order valence-electron chi connectivity index (χ3n) is 1.08. The smallest absolute Gasteiger partial charge is 0.342 e. The molecular weight excluding hydrogens is 172 g/mol. The second kappa shape index (κ2) is 6.14. The molecule has 0 amide bonds. The van der Waals surface area contributed by atoms with Gasteiger partial charge >= 0.3 is 11.9 Å². The van der Waals surface area contributed by atoms with E-state index in [1.165, 1.54) is 13.0 Å². The lowest BCUT2D eigenvalue weighted by molar-refractivity contribution is -0.162. The van der Waals surface area contributed by atoms with Crippen LogP contribution in [0.1, 0.15) is 13.8 Å². The van der Waals surface area contributed by atoms with Crippen LogP contribution >= 0.6 is 0 Å². The molecule has 4 nitrogen and oxygen atoms in total. The summed E-state index contributed by atoms with van der Waals surface area (Å²) in [5.41, 5.74) is 0. The summed E-state index contributed by atoms with van der Waals surface area (Å²) < 4.78 is 4.21. The highest BCUT2D eigenvalue weighted by Crippen LogP contribution is 1.89. The van der Waals surface area contributed by atoms with Crippen LogP contribution in [0.4, 0.5) is 0 Å². The summed E-state index contributed by atoms with van der Waals surface area (Å²) in [5.74, 6) is -1.74. The Morgan fingerprint density at radius 3 is 2.46 bits per heavy atom. The van der Waals surface area contributed by atoms with Gasteiger partial charge in [0.05, 0.1) is 0 Å². The number of rotatable bonds is 3. The first-order valence-corrected chi connectivity index (χ1v) is 3.81. The molecule has 0 heterocycles. The fourth-order valence-electron chi connectivity index (χ4n) is 0.464. The van der Waals surface area contributed by atoms with Crippen LogP contribution in [0.25, 0.3) is 0 Å². The van der Waals surface area contributed by atoms with Gasteiger partial charge in [-0.1, -0.05) is 18.2 Å². The van der Waals surface area contributed by atoms with E-state index in [0.29, 0.717) is 0 Å². The van der Waals surface area contributed by atoms with Gasteiger partial charge in [0.1, 0.15) is 6.10 Å². The van der Waals surface area contributed by atoms with Crippen molar-refractivity contribution in [2.45, 2.75) is 20.0 Å². The molecule has 0 aliphatic rings. The van der Waals surface area contributed by atoms with Gasteiger partial charge in [0.25, 0.3) is 0 Å². The number of carbonyl (C=O) groups is 2. The third kappa shape index (κ3) is 5.81. The maximum absolute atomic E-state index is 10.8. The van der Waals surface area contributed by atoms with Crippen LogP contribution in [-0.2, 0) is 14.3 Å². The summed E-state index contributed by atoms with van der Waals surface area (Å²) in [6, 6.07) is 0. The van der Waals surface area contributed by atoms with Crippen molar-refractivity contribution in [2.75, 3.05) is 0 Å². The topological polar surface area (TPSA) is 63.6 Å². The normalized spacial score (nSPS) is 13.5. The molecule has 0 aliphatic heterocycles. The van der Waals surface area contributed by atoms with Crippen molar-refractivity contribution in [2.24, 2.45) is 0 Å². The predicted octanol–water partition coefficient (Wildman–Crippen LogP) is 0.569. The molecule has 0 fully saturated rings. The summed E-state index contributed by atoms with van der Waals surface area (Å²) >= 11 is 0. The molecule has 72 valence electrons. The van der Waals surface area contributed by atoms with Crippen LogP contribution in [0.5, 0.6) is 0 Å². The van der Waals surface area contributed by atoms with Crippen molar-refractivity contribution in [3.8, 4) is 0 Å². The predicted molar refractivity (Wildman–Crippen MR) is 46.7 cm³/mol. The number of hydrogen-bond acceptors (Lipinski definition) is 4. The maximum atomic E-state index is 10.8. The molecule has 1 unspecified atom stereocenters. The first-order chi connectivity index (χ1) is 6.07. The first-order valence-electron chi connectivity index (χ1n) is 3.81. The molecular formula is C9H12O4. The molecule has 0 rings (SSSR count). The van der Waals surface area contributed by atoms with Crippen LogP contribution in [0.15, 0.2) is 24.3 Å². The van der Waals surface area contributed by atoms with E-state index in [9.17, 15) is 9.59 Å². The van der Waals surface area contributed by atoms with Gasteiger partial charge in [-0.25, -0.2) is 9.59 Å². The van der Waals surface area contributed by atoms with E-state index in [-0.39, 0.29) is 0 Å². The Kier molecular flexibility index (Phi) is 5.47. The van der Waals surface area contributed by atoms with E-state index in [1.807, 2.05) is 0 Å². The van der Waals surface area contributed by atoms with Gasteiger partial charge in [0.15, 0.2) is 0 Å². The Balaban J connectivity index is 3.95. The second-order valence-electron chi connectivity index (χ2n) is 2.30. The molecule has 0 radical (unpaired) electrons. The molecule has 0 aromatic heterocycles. The molecule has 4 heteroatoms. The Morgan fingerprint density at radius 1 is 1.38 bits per heavy atom. The summed E-state index contributed by atoms with van der Waals surface area (Å²) in [6.45, 7) is 3.02. The minimum atomic E-state index is -1.28. The number of hydrogen-bond donors (Lipinski definition) is 1. The van der Waals surface area contributed by atoms with Crippen LogP contribution in [0, 0.1) is 0 Å². The quantitative estimate of drug-likeness (QED) is 0.301. The molecule has 0 aromatic rings. The first kappa shape index (κ1) is 11.6. The standard InChI is InChI=1S/C9H12O4/c1-3-4-5-6-8(11)13-9(12)7(2)10/h3-7,10H,1-2H3/b4-3+,6-5+.